The van der Waals surface area contributed by atoms with Gasteiger partial charge in [0.25, 0.3) is 0 Å². The lowest BCUT2D eigenvalue weighted by Crippen LogP contribution is -2.10. The summed E-state index contributed by atoms with van der Waals surface area (Å²) in [7, 11) is 0. The number of hydrogen-bond donors (Lipinski definition) is 4. The van der Waals surface area contributed by atoms with Gasteiger partial charge in [-0.25, -0.2) is 0 Å². The van der Waals surface area contributed by atoms with E-state index in [1.165, 1.54) is 21.5 Å². The summed E-state index contributed by atoms with van der Waals surface area (Å²) in [5.41, 5.74) is 17.1. The molecule has 32 heavy (non-hydrogen) atoms. The highest BCUT2D eigenvalue weighted by atomic mass is 14.7. The molecule has 0 aliphatic heterocycles. The maximum Gasteiger partial charge on any atom is 0.122 e. The third kappa shape index (κ3) is 3.38. The van der Waals surface area contributed by atoms with Gasteiger partial charge in [0.05, 0.1) is 0 Å². The van der Waals surface area contributed by atoms with Crippen molar-refractivity contribution in [3.05, 3.63) is 108 Å². The highest BCUT2D eigenvalue weighted by molar-refractivity contribution is 6.09. The molecule has 0 amide bonds. The minimum atomic E-state index is 0.0703. The predicted octanol–water partition coefficient (Wildman–Crippen LogP) is 5.90. The van der Waals surface area contributed by atoms with Crippen LogP contribution in [0.5, 0.6) is 0 Å². The molecule has 0 saturated carbocycles. The van der Waals surface area contributed by atoms with Crippen molar-refractivity contribution in [1.82, 2.24) is 0 Å². The second kappa shape index (κ2) is 7.67. The van der Waals surface area contributed by atoms with Gasteiger partial charge in [-0.3, -0.25) is 10.8 Å². The predicted molar refractivity (Wildman–Crippen MR) is 134 cm³/mol. The molecule has 0 heterocycles. The van der Waals surface area contributed by atoms with E-state index in [1.807, 2.05) is 48.5 Å². The topological polar surface area (TPSA) is 99.7 Å². The third-order valence-corrected chi connectivity index (χ3v) is 5.89. The van der Waals surface area contributed by atoms with E-state index in [4.69, 9.17) is 22.3 Å². The maximum absolute atomic E-state index is 7.63. The zero-order chi connectivity index (χ0) is 22.2. The lowest BCUT2D eigenvalue weighted by molar-refractivity contribution is 1.42. The van der Waals surface area contributed by atoms with Crippen LogP contribution in [0.3, 0.4) is 0 Å². The van der Waals surface area contributed by atoms with Crippen molar-refractivity contribution in [2.75, 3.05) is 0 Å². The molecule has 154 valence electrons. The van der Waals surface area contributed by atoms with Crippen LogP contribution in [-0.4, -0.2) is 11.7 Å². The molecule has 0 saturated heterocycles. The number of nitrogens with two attached hydrogens (primary N) is 2. The molecule has 0 atom stereocenters. The standard InChI is InChI=1S/C28H22N4/c29-27(30)19-11-7-17(8-12-19)23-5-1-3-21-15-22-4-2-6-24(26(22)16-25(21)23)18-9-13-20(14-10-18)28(31)32/h1-16H,(H3,29,30)(H3,31,32). The highest BCUT2D eigenvalue weighted by Crippen LogP contribution is 2.36. The second-order valence-corrected chi connectivity index (χ2v) is 7.89. The van der Waals surface area contributed by atoms with Crippen molar-refractivity contribution in [3.8, 4) is 22.3 Å². The van der Waals surface area contributed by atoms with E-state index in [1.54, 1.807) is 0 Å². The first-order valence-electron chi connectivity index (χ1n) is 10.4. The Labute approximate surface area is 186 Å². The number of amidine groups is 2. The third-order valence-electron chi connectivity index (χ3n) is 5.89. The largest absolute Gasteiger partial charge is 0.384 e. The van der Waals surface area contributed by atoms with Crippen molar-refractivity contribution in [1.29, 1.82) is 10.8 Å². The maximum atomic E-state index is 7.63. The Kier molecular flexibility index (Phi) is 4.68. The lowest BCUT2D eigenvalue weighted by Gasteiger charge is -2.12. The molecule has 0 spiro atoms. The molecule has 0 aromatic heterocycles. The number of nitrogen functional groups attached to an aromatic ring is 2. The molecule has 0 aliphatic carbocycles. The van der Waals surface area contributed by atoms with Crippen LogP contribution < -0.4 is 11.5 Å². The number of fused-ring (bicyclic) bond motifs is 2. The number of benzene rings is 5. The monoisotopic (exact) mass is 414 g/mol. The Morgan fingerprint density at radius 1 is 0.500 bits per heavy atom. The SMILES string of the molecule is N=C(N)c1ccc(-c2cccc3cc4cccc(-c5ccc(C(=N)N)cc5)c4cc23)cc1. The van der Waals surface area contributed by atoms with Crippen molar-refractivity contribution >= 4 is 33.2 Å². The van der Waals surface area contributed by atoms with E-state index in [0.717, 1.165) is 33.4 Å². The minimum absolute atomic E-state index is 0.0703. The van der Waals surface area contributed by atoms with Crippen molar-refractivity contribution in [3.63, 3.8) is 0 Å². The average Bonchev–Trinajstić information content (AvgIpc) is 2.82. The fraction of sp³-hybridized carbons (Fsp3) is 0. The summed E-state index contributed by atoms with van der Waals surface area (Å²) in [6, 6.07) is 32.8. The quantitative estimate of drug-likeness (QED) is 0.167. The zero-order valence-corrected chi connectivity index (χ0v) is 17.4. The van der Waals surface area contributed by atoms with E-state index in [-0.39, 0.29) is 11.7 Å². The highest BCUT2D eigenvalue weighted by Gasteiger charge is 2.10. The lowest BCUT2D eigenvalue weighted by atomic mass is 9.92. The van der Waals surface area contributed by atoms with Gasteiger partial charge in [-0.1, -0.05) is 84.9 Å². The van der Waals surface area contributed by atoms with Gasteiger partial charge in [-0.05, 0) is 55.9 Å². The summed E-state index contributed by atoms with van der Waals surface area (Å²) in [6.07, 6.45) is 0. The van der Waals surface area contributed by atoms with E-state index < -0.39 is 0 Å². The van der Waals surface area contributed by atoms with Crippen LogP contribution in [0.2, 0.25) is 0 Å². The molecule has 4 nitrogen and oxygen atoms in total. The van der Waals surface area contributed by atoms with Gasteiger partial charge >= 0.3 is 0 Å². The van der Waals surface area contributed by atoms with Gasteiger partial charge < -0.3 is 11.5 Å². The minimum Gasteiger partial charge on any atom is -0.384 e. The van der Waals surface area contributed by atoms with Crippen molar-refractivity contribution in [2.24, 2.45) is 11.5 Å². The number of nitrogens with one attached hydrogen (secondary N) is 2. The van der Waals surface area contributed by atoms with Gasteiger partial charge in [0, 0.05) is 11.1 Å². The Balaban J connectivity index is 1.71. The summed E-state index contributed by atoms with van der Waals surface area (Å²) in [5.74, 6) is 0.141. The van der Waals surface area contributed by atoms with E-state index >= 15 is 0 Å². The van der Waals surface area contributed by atoms with Crippen molar-refractivity contribution < 1.29 is 0 Å². The first-order valence-corrected chi connectivity index (χ1v) is 10.4. The molecule has 5 aromatic carbocycles. The first kappa shape index (κ1) is 19.5. The normalized spacial score (nSPS) is 11.0. The number of rotatable bonds is 4. The number of hydrogen-bond acceptors (Lipinski definition) is 2. The summed E-state index contributed by atoms with van der Waals surface area (Å²) in [6.45, 7) is 0. The Bertz CT molecular complexity index is 1380. The van der Waals surface area contributed by atoms with E-state index in [2.05, 4.69) is 48.5 Å². The molecule has 0 unspecified atom stereocenters. The molecule has 0 fully saturated rings. The molecular weight excluding hydrogens is 392 g/mol. The van der Waals surface area contributed by atoms with Crippen LogP contribution in [0.4, 0.5) is 0 Å². The van der Waals surface area contributed by atoms with E-state index in [0.29, 0.717) is 0 Å². The van der Waals surface area contributed by atoms with Crippen LogP contribution in [-0.2, 0) is 0 Å². The van der Waals surface area contributed by atoms with Crippen LogP contribution in [0.1, 0.15) is 11.1 Å². The smallest absolute Gasteiger partial charge is 0.122 e. The molecule has 0 radical (unpaired) electrons. The van der Waals surface area contributed by atoms with Gasteiger partial charge in [0.15, 0.2) is 0 Å². The summed E-state index contributed by atoms with van der Waals surface area (Å²) < 4.78 is 0. The summed E-state index contributed by atoms with van der Waals surface area (Å²) >= 11 is 0. The Morgan fingerprint density at radius 2 is 0.906 bits per heavy atom. The molecule has 4 heteroatoms. The summed E-state index contributed by atoms with van der Waals surface area (Å²) in [4.78, 5) is 0. The van der Waals surface area contributed by atoms with Gasteiger partial charge in [-0.2, -0.15) is 0 Å². The fourth-order valence-electron chi connectivity index (χ4n) is 4.21. The zero-order valence-electron chi connectivity index (χ0n) is 17.4. The Hall–Kier alpha value is -4.44. The van der Waals surface area contributed by atoms with Gasteiger partial charge in [0.2, 0.25) is 0 Å². The molecule has 5 rings (SSSR count). The second-order valence-electron chi connectivity index (χ2n) is 7.89. The molecule has 0 bridgehead atoms. The van der Waals surface area contributed by atoms with Gasteiger partial charge in [-0.15, -0.1) is 0 Å². The average molecular weight is 415 g/mol. The molecule has 5 aromatic rings. The van der Waals surface area contributed by atoms with Crippen LogP contribution in [0, 0.1) is 10.8 Å². The van der Waals surface area contributed by atoms with Gasteiger partial charge in [0.1, 0.15) is 11.7 Å². The summed E-state index contributed by atoms with van der Waals surface area (Å²) in [5, 5.41) is 20.0. The molecular formula is C28H22N4. The Morgan fingerprint density at radius 3 is 1.28 bits per heavy atom. The fourth-order valence-corrected chi connectivity index (χ4v) is 4.21. The first-order chi connectivity index (χ1) is 15.5. The van der Waals surface area contributed by atoms with E-state index in [9.17, 15) is 0 Å². The molecule has 6 N–H and O–H groups in total. The van der Waals surface area contributed by atoms with Crippen LogP contribution in [0.15, 0.2) is 97.1 Å². The van der Waals surface area contributed by atoms with Crippen molar-refractivity contribution in [2.45, 2.75) is 0 Å². The van der Waals surface area contributed by atoms with Crippen LogP contribution in [0.25, 0.3) is 43.8 Å². The molecule has 0 aliphatic rings. The van der Waals surface area contributed by atoms with Crippen LogP contribution >= 0.6 is 0 Å².